The van der Waals surface area contributed by atoms with Crippen molar-refractivity contribution in [2.24, 2.45) is 5.92 Å². The van der Waals surface area contributed by atoms with Crippen molar-refractivity contribution in [3.63, 3.8) is 0 Å². The van der Waals surface area contributed by atoms with E-state index in [0.717, 1.165) is 0 Å². The molecule has 0 fully saturated rings. The third-order valence-corrected chi connectivity index (χ3v) is 4.58. The number of aromatic nitrogens is 2. The van der Waals surface area contributed by atoms with E-state index in [-0.39, 0.29) is 11.4 Å². The Morgan fingerprint density at radius 3 is 2.58 bits per heavy atom. The van der Waals surface area contributed by atoms with E-state index in [0.29, 0.717) is 24.2 Å². The van der Waals surface area contributed by atoms with Gasteiger partial charge >= 0.3 is 5.97 Å². The number of aliphatic carboxylic acids is 1. The highest BCUT2D eigenvalue weighted by molar-refractivity contribution is 7.89. The van der Waals surface area contributed by atoms with Gasteiger partial charge in [0.1, 0.15) is 4.90 Å². The monoisotopic (exact) mass is 289 g/mol. The first-order valence-corrected chi connectivity index (χ1v) is 7.48. The number of carboxylic acid groups (broad SMARTS) is 1. The summed E-state index contributed by atoms with van der Waals surface area (Å²) in [5.74, 6) is -1.34. The molecule has 0 aromatic carbocycles. The van der Waals surface area contributed by atoms with E-state index < -0.39 is 21.9 Å². The molecule has 1 unspecified atom stereocenters. The molecule has 0 saturated carbocycles. The van der Waals surface area contributed by atoms with Gasteiger partial charge in [-0.2, -0.15) is 5.10 Å². The Bertz CT molecular complexity index is 531. The lowest BCUT2D eigenvalue weighted by atomic mass is 10.1. The minimum atomic E-state index is -3.59. The number of aromatic amines is 1. The molecular formula is C11H19N3O4S. The van der Waals surface area contributed by atoms with Gasteiger partial charge in [0.25, 0.3) is 0 Å². The van der Waals surface area contributed by atoms with E-state index in [1.807, 2.05) is 0 Å². The van der Waals surface area contributed by atoms with Crippen LogP contribution >= 0.6 is 0 Å². The molecule has 1 aromatic heterocycles. The third-order valence-electron chi connectivity index (χ3n) is 2.86. The fourth-order valence-electron chi connectivity index (χ4n) is 1.75. The van der Waals surface area contributed by atoms with Crippen molar-refractivity contribution in [1.82, 2.24) is 14.9 Å². The van der Waals surface area contributed by atoms with Crippen LogP contribution in [0.4, 0.5) is 0 Å². The highest BCUT2D eigenvalue weighted by Gasteiger charge is 2.21. The molecule has 1 heterocycles. The quantitative estimate of drug-likeness (QED) is 0.643. The van der Waals surface area contributed by atoms with Crippen LogP contribution < -0.4 is 4.72 Å². The van der Waals surface area contributed by atoms with Crippen LogP contribution in [0, 0.1) is 19.8 Å². The molecule has 0 aliphatic carbocycles. The summed E-state index contributed by atoms with van der Waals surface area (Å²) < 4.78 is 26.5. The Kier molecular flexibility index (Phi) is 5.07. The lowest BCUT2D eigenvalue weighted by Gasteiger charge is -2.08. The van der Waals surface area contributed by atoms with Crippen LogP contribution in [0.25, 0.3) is 0 Å². The van der Waals surface area contributed by atoms with Crippen LogP contribution in [-0.2, 0) is 14.8 Å². The molecule has 108 valence electrons. The zero-order chi connectivity index (χ0) is 14.6. The Labute approximate surface area is 112 Å². The fraction of sp³-hybridized carbons (Fsp3) is 0.636. The summed E-state index contributed by atoms with van der Waals surface area (Å²) >= 11 is 0. The number of sulfonamides is 1. The van der Waals surface area contributed by atoms with Gasteiger partial charge in [-0.1, -0.05) is 6.92 Å². The number of aryl methyl sites for hydroxylation is 2. The van der Waals surface area contributed by atoms with Gasteiger partial charge in [0.05, 0.1) is 17.3 Å². The lowest BCUT2D eigenvalue weighted by molar-refractivity contribution is -0.141. The Morgan fingerprint density at radius 1 is 1.47 bits per heavy atom. The number of carbonyl (C=O) groups is 1. The summed E-state index contributed by atoms with van der Waals surface area (Å²) in [4.78, 5) is 10.8. The predicted octanol–water partition coefficient (Wildman–Crippen LogP) is 0.806. The van der Waals surface area contributed by atoms with Crippen molar-refractivity contribution in [3.05, 3.63) is 11.4 Å². The maximum Gasteiger partial charge on any atom is 0.306 e. The summed E-state index contributed by atoms with van der Waals surface area (Å²) in [5.41, 5.74) is 0.910. The first-order chi connectivity index (χ1) is 8.75. The molecule has 0 aliphatic heterocycles. The predicted molar refractivity (Wildman–Crippen MR) is 69.3 cm³/mol. The molecule has 3 N–H and O–H groups in total. The molecule has 8 heteroatoms. The molecule has 7 nitrogen and oxygen atoms in total. The topological polar surface area (TPSA) is 112 Å². The molecule has 0 saturated heterocycles. The van der Waals surface area contributed by atoms with Gasteiger partial charge in [0, 0.05) is 6.54 Å². The van der Waals surface area contributed by atoms with Crippen molar-refractivity contribution in [3.8, 4) is 0 Å². The third kappa shape index (κ3) is 4.03. The number of nitrogens with one attached hydrogen (secondary N) is 2. The Morgan fingerprint density at radius 2 is 2.11 bits per heavy atom. The first-order valence-electron chi connectivity index (χ1n) is 5.99. The summed E-state index contributed by atoms with van der Waals surface area (Å²) in [6.07, 6.45) is 0.907. The molecule has 0 radical (unpaired) electrons. The van der Waals surface area contributed by atoms with Crippen LogP contribution in [0.3, 0.4) is 0 Å². The van der Waals surface area contributed by atoms with E-state index in [9.17, 15) is 13.2 Å². The normalized spacial score (nSPS) is 13.4. The number of H-pyrrole nitrogens is 1. The molecule has 0 bridgehead atoms. The van der Waals surface area contributed by atoms with Gasteiger partial charge in [0.15, 0.2) is 0 Å². The average molecular weight is 289 g/mol. The van der Waals surface area contributed by atoms with Crippen molar-refractivity contribution < 1.29 is 18.3 Å². The van der Waals surface area contributed by atoms with Gasteiger partial charge in [0.2, 0.25) is 10.0 Å². The first kappa shape index (κ1) is 15.6. The van der Waals surface area contributed by atoms with Crippen LogP contribution in [0.15, 0.2) is 4.90 Å². The Balaban J connectivity index is 2.56. The summed E-state index contributed by atoms with van der Waals surface area (Å²) in [6, 6.07) is 0. The van der Waals surface area contributed by atoms with Gasteiger partial charge < -0.3 is 5.11 Å². The van der Waals surface area contributed by atoms with E-state index in [1.54, 1.807) is 20.8 Å². The van der Waals surface area contributed by atoms with E-state index >= 15 is 0 Å². The number of hydrogen-bond donors (Lipinski definition) is 3. The number of carboxylic acids is 1. The number of hydrogen-bond acceptors (Lipinski definition) is 4. The minimum Gasteiger partial charge on any atom is -0.481 e. The second kappa shape index (κ2) is 6.16. The summed E-state index contributed by atoms with van der Waals surface area (Å²) in [6.45, 7) is 5.07. The molecule has 0 aliphatic rings. The number of rotatable bonds is 7. The molecule has 1 rings (SSSR count). The average Bonchev–Trinajstić information content (AvgIpc) is 2.64. The zero-order valence-corrected chi connectivity index (χ0v) is 12.0. The van der Waals surface area contributed by atoms with Gasteiger partial charge in [-0.25, -0.2) is 13.1 Å². The molecule has 1 aromatic rings. The van der Waals surface area contributed by atoms with Crippen molar-refractivity contribution in [1.29, 1.82) is 0 Å². The van der Waals surface area contributed by atoms with Gasteiger partial charge in [-0.15, -0.1) is 0 Å². The summed E-state index contributed by atoms with van der Waals surface area (Å²) in [5, 5.41) is 15.2. The van der Waals surface area contributed by atoms with Crippen molar-refractivity contribution in [2.75, 3.05) is 6.54 Å². The highest BCUT2D eigenvalue weighted by atomic mass is 32.2. The van der Waals surface area contributed by atoms with Crippen molar-refractivity contribution >= 4 is 16.0 Å². The molecule has 0 amide bonds. The molecule has 1 atom stereocenters. The SMILES string of the molecule is Cc1n[nH]c(C)c1S(=O)(=O)NCCCC(C)C(=O)O. The standard InChI is InChI=1S/C11H19N3O4S/c1-7(11(15)16)5-4-6-12-19(17,18)10-8(2)13-14-9(10)3/h7,12H,4-6H2,1-3H3,(H,13,14)(H,15,16). The van der Waals surface area contributed by atoms with Crippen LogP contribution in [0.2, 0.25) is 0 Å². The summed E-state index contributed by atoms with van der Waals surface area (Å²) in [7, 11) is -3.59. The minimum absolute atomic E-state index is 0.166. The maximum atomic E-state index is 12.0. The van der Waals surface area contributed by atoms with Gasteiger partial charge in [-0.05, 0) is 26.7 Å². The van der Waals surface area contributed by atoms with E-state index in [2.05, 4.69) is 14.9 Å². The van der Waals surface area contributed by atoms with Crippen LogP contribution in [0.1, 0.15) is 31.2 Å². The second-order valence-electron chi connectivity index (χ2n) is 4.54. The van der Waals surface area contributed by atoms with Gasteiger partial charge in [-0.3, -0.25) is 9.89 Å². The lowest BCUT2D eigenvalue weighted by Crippen LogP contribution is -2.26. The van der Waals surface area contributed by atoms with E-state index in [4.69, 9.17) is 5.11 Å². The maximum absolute atomic E-state index is 12.0. The second-order valence-corrected chi connectivity index (χ2v) is 6.25. The van der Waals surface area contributed by atoms with Crippen LogP contribution in [0.5, 0.6) is 0 Å². The molecule has 19 heavy (non-hydrogen) atoms. The Hall–Kier alpha value is -1.41. The zero-order valence-electron chi connectivity index (χ0n) is 11.2. The smallest absolute Gasteiger partial charge is 0.306 e. The van der Waals surface area contributed by atoms with Crippen LogP contribution in [-0.4, -0.2) is 36.2 Å². The largest absolute Gasteiger partial charge is 0.481 e. The van der Waals surface area contributed by atoms with Crippen molar-refractivity contribution in [2.45, 2.75) is 38.5 Å². The molecule has 0 spiro atoms. The highest BCUT2D eigenvalue weighted by Crippen LogP contribution is 2.16. The fourth-order valence-corrected chi connectivity index (χ4v) is 3.19. The number of nitrogens with zero attached hydrogens (tertiary/aromatic N) is 1. The van der Waals surface area contributed by atoms with E-state index in [1.165, 1.54) is 0 Å². The molecular weight excluding hydrogens is 270 g/mol.